The van der Waals surface area contributed by atoms with Gasteiger partial charge in [-0.2, -0.15) is 0 Å². The predicted molar refractivity (Wildman–Crippen MR) is 208 cm³/mol. The summed E-state index contributed by atoms with van der Waals surface area (Å²) >= 11 is -3.75. The van der Waals surface area contributed by atoms with E-state index in [2.05, 4.69) is 0 Å². The van der Waals surface area contributed by atoms with Crippen molar-refractivity contribution in [2.24, 2.45) is 0 Å². The van der Waals surface area contributed by atoms with Crippen molar-refractivity contribution in [2.75, 3.05) is 0 Å². The van der Waals surface area contributed by atoms with Crippen LogP contribution in [0.2, 0.25) is 0 Å². The quantitative estimate of drug-likeness (QED) is 0.123. The summed E-state index contributed by atoms with van der Waals surface area (Å²) in [5.74, 6) is 0. The summed E-state index contributed by atoms with van der Waals surface area (Å²) in [5, 5.41) is 0. The third kappa shape index (κ3) is 8.11. The van der Waals surface area contributed by atoms with Crippen molar-refractivity contribution < 1.29 is 31.8 Å². The average Bonchev–Trinajstić information content (AvgIpc) is 3.10. The van der Waals surface area contributed by atoms with Gasteiger partial charge in [0.25, 0.3) is 0 Å². The van der Waals surface area contributed by atoms with E-state index in [0.717, 1.165) is 11.1 Å². The number of rotatable bonds is 11. The molecule has 0 atom stereocenters. The van der Waals surface area contributed by atoms with Gasteiger partial charge in [0.15, 0.2) is 0 Å². The van der Waals surface area contributed by atoms with E-state index in [4.69, 9.17) is 6.14 Å². The van der Waals surface area contributed by atoms with Gasteiger partial charge >= 0.3 is 312 Å². The van der Waals surface area contributed by atoms with Crippen LogP contribution in [0.25, 0.3) is 0 Å². The third-order valence-electron chi connectivity index (χ3n) is 7.96. The number of halogens is 3. The summed E-state index contributed by atoms with van der Waals surface area (Å²) < 4.78 is 95.1. The molecule has 0 aromatic heterocycles. The first-order valence-electron chi connectivity index (χ1n) is 16.0. The second-order valence-corrected chi connectivity index (χ2v) is 25.0. The van der Waals surface area contributed by atoms with Crippen LogP contribution in [0.15, 0.2) is 154 Å². The van der Waals surface area contributed by atoms with Crippen LogP contribution >= 0.6 is 30.5 Å². The van der Waals surface area contributed by atoms with Gasteiger partial charge in [0.1, 0.15) is 0 Å². The molecule has 12 heteroatoms. The molecule has 0 aliphatic carbocycles. The molecular weight excluding hydrogens is 826 g/mol. The summed E-state index contributed by atoms with van der Waals surface area (Å²) in [4.78, 5) is 0.809. The average molecular weight is 867 g/mol. The van der Waals surface area contributed by atoms with Gasteiger partial charge in [-0.05, 0) is 0 Å². The molecule has 0 fully saturated rings. The maximum absolute atomic E-state index is 16.5. The Morgan fingerprint density at radius 2 is 0.784 bits per heavy atom. The van der Waals surface area contributed by atoms with Crippen LogP contribution in [0.4, 0.5) is 8.78 Å². The number of alkyl halides is 2. The van der Waals surface area contributed by atoms with Crippen molar-refractivity contribution in [3.05, 3.63) is 158 Å². The zero-order valence-electron chi connectivity index (χ0n) is 29.1. The number of benzene rings is 5. The Bertz CT molecular complexity index is 2000. The standard InChI is InChI=1S/C39H41F2IO6S3/c1-37(2,3)30-22-26-32(27-23-30)42(33-28-24-31(25-29-33)38(4,5)6)47-50(43,44)39(40,41)51(45,46)48-49(34-16-10-7-11-17-34,35-18-12-8-13-19-35)36-20-14-9-15-21-36/h7-29H,1-6H3. The molecule has 0 saturated heterocycles. The van der Waals surface area contributed by atoms with Crippen molar-refractivity contribution in [2.45, 2.75) is 71.6 Å². The Labute approximate surface area is 310 Å². The fraction of sp³-hybridized carbons (Fsp3) is 0.231. The van der Waals surface area contributed by atoms with E-state index in [-0.39, 0.29) is 25.5 Å². The SMILES string of the molecule is CC(C)(C)c1ccc(I(OS(=O)(=O)C(F)(F)S(=O)(=O)OS(c2ccccc2)(c2ccccc2)c2ccccc2)c2ccc(C(C)(C)C)cc2)cc1. The van der Waals surface area contributed by atoms with Crippen molar-refractivity contribution >= 4 is 50.8 Å². The second-order valence-electron chi connectivity index (χ2n) is 13.8. The van der Waals surface area contributed by atoms with E-state index in [1.807, 2.05) is 41.5 Å². The predicted octanol–water partition coefficient (Wildman–Crippen LogP) is 10.9. The van der Waals surface area contributed by atoms with Crippen LogP contribution in [-0.2, 0) is 37.2 Å². The van der Waals surface area contributed by atoms with Gasteiger partial charge in [0.2, 0.25) is 0 Å². The van der Waals surface area contributed by atoms with E-state index in [1.54, 1.807) is 140 Å². The fourth-order valence-corrected chi connectivity index (χ4v) is 18.1. The number of hydrogen-bond acceptors (Lipinski definition) is 6. The molecule has 5 aromatic rings. The summed E-state index contributed by atoms with van der Waals surface area (Å²) in [6, 6.07) is 38.1. The van der Waals surface area contributed by atoms with Gasteiger partial charge in [-0.25, -0.2) is 0 Å². The summed E-state index contributed by atoms with van der Waals surface area (Å²) in [6.07, 6.45) is 0. The summed E-state index contributed by atoms with van der Waals surface area (Å²) in [6.45, 7) is 12.1. The molecule has 0 N–H and O–H groups in total. The summed E-state index contributed by atoms with van der Waals surface area (Å²) in [5.41, 5.74) is 1.41. The van der Waals surface area contributed by atoms with Gasteiger partial charge in [-0.3, -0.25) is 0 Å². The Morgan fingerprint density at radius 1 is 0.471 bits per heavy atom. The molecule has 0 radical (unpaired) electrons. The summed E-state index contributed by atoms with van der Waals surface area (Å²) in [7, 11) is -15.9. The molecule has 5 rings (SSSR count). The van der Waals surface area contributed by atoms with E-state index < -0.39 is 55.4 Å². The van der Waals surface area contributed by atoms with E-state index >= 15 is 8.78 Å². The number of hydrogen-bond donors (Lipinski definition) is 0. The molecule has 5 aromatic carbocycles. The molecule has 0 aliphatic rings. The fourth-order valence-electron chi connectivity index (χ4n) is 5.11. The van der Waals surface area contributed by atoms with Crippen molar-refractivity contribution in [1.82, 2.24) is 0 Å². The Hall–Kier alpha value is -3.14. The molecule has 0 amide bonds. The molecular formula is C39H41F2IO6S3. The minimum atomic E-state index is -6.27. The molecule has 0 heterocycles. The molecule has 51 heavy (non-hydrogen) atoms. The normalized spacial score (nSPS) is 13.8. The van der Waals surface area contributed by atoms with Crippen LogP contribution < -0.4 is 0 Å². The topological polar surface area (TPSA) is 86.7 Å². The zero-order valence-corrected chi connectivity index (χ0v) is 33.7. The van der Waals surface area contributed by atoms with Gasteiger partial charge in [0.05, 0.1) is 0 Å². The van der Waals surface area contributed by atoms with E-state index in [9.17, 15) is 16.8 Å². The first-order chi connectivity index (χ1) is 23.8. The second kappa shape index (κ2) is 14.7. The Balaban J connectivity index is 1.63. The molecule has 0 saturated carbocycles. The van der Waals surface area contributed by atoms with E-state index in [0.29, 0.717) is 7.14 Å². The molecule has 272 valence electrons. The van der Waals surface area contributed by atoms with Crippen LogP contribution in [0.1, 0.15) is 52.7 Å². The first kappa shape index (κ1) is 39.1. The van der Waals surface area contributed by atoms with Crippen molar-refractivity contribution in [3.63, 3.8) is 0 Å². The van der Waals surface area contributed by atoms with Crippen LogP contribution in [0.5, 0.6) is 0 Å². The molecule has 6 nitrogen and oxygen atoms in total. The monoisotopic (exact) mass is 866 g/mol. The minimum absolute atomic E-state index is 0.234. The van der Waals surface area contributed by atoms with Gasteiger partial charge < -0.3 is 0 Å². The zero-order chi connectivity index (χ0) is 37.3. The first-order valence-corrected chi connectivity index (χ1v) is 23.4. The molecule has 0 aliphatic heterocycles. The Kier molecular flexibility index (Phi) is 11.3. The van der Waals surface area contributed by atoms with Crippen LogP contribution in [-0.4, -0.2) is 21.4 Å². The Morgan fingerprint density at radius 3 is 1.08 bits per heavy atom. The maximum atomic E-state index is 16.5. The van der Waals surface area contributed by atoms with Crippen LogP contribution in [0, 0.1) is 7.14 Å². The van der Waals surface area contributed by atoms with Gasteiger partial charge in [-0.1, -0.05) is 0 Å². The van der Waals surface area contributed by atoms with Gasteiger partial charge in [0, 0.05) is 0 Å². The molecule has 0 unspecified atom stereocenters. The van der Waals surface area contributed by atoms with Gasteiger partial charge in [-0.15, -0.1) is 0 Å². The third-order valence-corrected chi connectivity index (χ3v) is 21.2. The van der Waals surface area contributed by atoms with Crippen molar-refractivity contribution in [3.8, 4) is 0 Å². The van der Waals surface area contributed by atoms with E-state index in [1.165, 1.54) is 0 Å². The van der Waals surface area contributed by atoms with Crippen molar-refractivity contribution in [1.29, 1.82) is 0 Å². The molecule has 0 spiro atoms. The molecule has 0 bridgehead atoms. The van der Waals surface area contributed by atoms with Crippen LogP contribution in [0.3, 0.4) is 0 Å².